The van der Waals surface area contributed by atoms with Crippen molar-refractivity contribution < 1.29 is 4.79 Å². The number of carbonyl (C=O) groups excluding carboxylic acids is 1. The first-order valence-electron chi connectivity index (χ1n) is 12.3. The number of carbonyl (C=O) groups is 1. The molecule has 0 spiro atoms. The number of nitrogens with one attached hydrogen (secondary N) is 1. The van der Waals surface area contributed by atoms with Gasteiger partial charge in [0, 0.05) is 44.5 Å². The fourth-order valence-corrected chi connectivity index (χ4v) is 5.96. The molecule has 1 unspecified atom stereocenters. The van der Waals surface area contributed by atoms with Gasteiger partial charge in [-0.25, -0.2) is 9.97 Å². The van der Waals surface area contributed by atoms with E-state index in [4.69, 9.17) is 10.7 Å². The van der Waals surface area contributed by atoms with Gasteiger partial charge in [0.25, 0.3) is 5.91 Å². The molecule has 5 rings (SSSR count). The number of nitrogens with zero attached hydrogens (tertiary/aromatic N) is 6. The summed E-state index contributed by atoms with van der Waals surface area (Å²) in [7, 11) is 2.14. The van der Waals surface area contributed by atoms with Crippen molar-refractivity contribution in [3.8, 4) is 11.3 Å². The minimum atomic E-state index is -0.368. The van der Waals surface area contributed by atoms with Gasteiger partial charge < -0.3 is 25.4 Å². The van der Waals surface area contributed by atoms with E-state index < -0.39 is 0 Å². The van der Waals surface area contributed by atoms with E-state index in [2.05, 4.69) is 82.6 Å². The van der Waals surface area contributed by atoms with Crippen LogP contribution >= 0.6 is 11.8 Å². The molecule has 0 bridgehead atoms. The normalized spacial score (nSPS) is 19.2. The number of anilines is 1. The molecule has 0 saturated carbocycles. The Kier molecular flexibility index (Phi) is 6.42. The number of imidazole rings is 1. The van der Waals surface area contributed by atoms with Gasteiger partial charge in [0.2, 0.25) is 5.95 Å². The van der Waals surface area contributed by atoms with Gasteiger partial charge >= 0.3 is 0 Å². The third-order valence-electron chi connectivity index (χ3n) is 6.85. The van der Waals surface area contributed by atoms with Crippen LogP contribution in [0.3, 0.4) is 0 Å². The smallest absolute Gasteiger partial charge is 0.256 e. The molecule has 1 atom stereocenters. The summed E-state index contributed by atoms with van der Waals surface area (Å²) in [6.45, 7) is 13.3. The third-order valence-corrected chi connectivity index (χ3v) is 8.62. The van der Waals surface area contributed by atoms with Crippen LogP contribution in [0, 0.1) is 12.3 Å². The highest BCUT2D eigenvalue weighted by Gasteiger charge is 2.36. The van der Waals surface area contributed by atoms with Crippen LogP contribution in [0.1, 0.15) is 31.9 Å². The van der Waals surface area contributed by atoms with E-state index in [9.17, 15) is 4.79 Å². The lowest BCUT2D eigenvalue weighted by Gasteiger charge is -2.35. The van der Waals surface area contributed by atoms with Crippen LogP contribution in [-0.4, -0.2) is 74.2 Å². The second-order valence-electron chi connectivity index (χ2n) is 10.8. The first-order chi connectivity index (χ1) is 17.1. The molecule has 190 valence electrons. The Morgan fingerprint density at radius 1 is 1.19 bits per heavy atom. The van der Waals surface area contributed by atoms with Crippen LogP contribution in [0.25, 0.3) is 22.4 Å². The number of hydrogen-bond donors (Lipinski definition) is 2. The second-order valence-corrected chi connectivity index (χ2v) is 11.9. The predicted molar refractivity (Wildman–Crippen MR) is 145 cm³/mol. The van der Waals surface area contributed by atoms with Crippen LogP contribution in [0.5, 0.6) is 0 Å². The van der Waals surface area contributed by atoms with E-state index in [1.807, 2.05) is 6.20 Å². The standard InChI is InChI=1S/C26H34N8OS/c1-16-12-17(6-7-18(16)13-34-14-19(22(27)35)36-24(34)26(2,3)4)20-21-23(29-15-28-20)31-25(30-21)33-10-8-32(5)9-11-33/h6-7,12,14-15,24H,8-11,13H2,1-5H3,(H2,27,35)(H,28,29,30,31). The summed E-state index contributed by atoms with van der Waals surface area (Å²) in [6.07, 6.45) is 3.50. The van der Waals surface area contributed by atoms with Crippen LogP contribution in [0.4, 0.5) is 5.95 Å². The molecule has 3 aromatic rings. The Morgan fingerprint density at radius 2 is 1.94 bits per heavy atom. The Balaban J connectivity index is 1.42. The number of thioether (sulfide) groups is 1. The molecule has 3 N–H and O–H groups in total. The van der Waals surface area contributed by atoms with Crippen molar-refractivity contribution in [2.45, 2.75) is 39.6 Å². The summed E-state index contributed by atoms with van der Waals surface area (Å²) < 4.78 is 0. The maximum Gasteiger partial charge on any atom is 0.256 e. The summed E-state index contributed by atoms with van der Waals surface area (Å²) in [5.41, 5.74) is 11.4. The SMILES string of the molecule is Cc1cc(-c2ncnc3nc(N4CCN(C)CC4)[nH]c23)ccc1CN1C=C(C(N)=O)SC1C(C)(C)C. The van der Waals surface area contributed by atoms with Crippen LogP contribution in [0.2, 0.25) is 0 Å². The molecule has 1 saturated heterocycles. The molecule has 9 nitrogen and oxygen atoms in total. The molecule has 1 aromatic carbocycles. The molecule has 10 heteroatoms. The van der Waals surface area contributed by atoms with Gasteiger partial charge in [0.15, 0.2) is 5.65 Å². The number of benzene rings is 1. The van der Waals surface area contributed by atoms with E-state index in [-0.39, 0.29) is 16.7 Å². The van der Waals surface area contributed by atoms with Crippen molar-refractivity contribution in [2.24, 2.45) is 11.1 Å². The van der Waals surface area contributed by atoms with Crippen LogP contribution in [-0.2, 0) is 11.3 Å². The molecular weight excluding hydrogens is 472 g/mol. The summed E-state index contributed by atoms with van der Waals surface area (Å²) in [5.74, 6) is 0.483. The fourth-order valence-electron chi connectivity index (χ4n) is 4.78. The molecule has 0 aliphatic carbocycles. The number of aromatic amines is 1. The number of rotatable bonds is 5. The summed E-state index contributed by atoms with van der Waals surface area (Å²) in [5, 5.41) is 0.138. The number of likely N-dealkylation sites (N-methyl/N-ethyl adjacent to an activating group) is 1. The Hall–Kier alpha value is -3.11. The van der Waals surface area contributed by atoms with Gasteiger partial charge in [0.05, 0.1) is 16.0 Å². The number of nitrogens with two attached hydrogens (primary N) is 1. The lowest BCUT2D eigenvalue weighted by atomic mass is 9.95. The number of hydrogen-bond acceptors (Lipinski definition) is 8. The van der Waals surface area contributed by atoms with Gasteiger partial charge in [-0.05, 0) is 36.6 Å². The minimum absolute atomic E-state index is 0.0130. The molecule has 2 aliphatic rings. The van der Waals surface area contributed by atoms with Crippen LogP contribution in [0.15, 0.2) is 35.6 Å². The van der Waals surface area contributed by atoms with E-state index in [0.29, 0.717) is 17.1 Å². The number of primary amides is 1. The topological polar surface area (TPSA) is 107 Å². The Morgan fingerprint density at radius 3 is 2.61 bits per heavy atom. The van der Waals surface area contributed by atoms with Crippen molar-refractivity contribution in [2.75, 3.05) is 38.1 Å². The van der Waals surface area contributed by atoms with Crippen molar-refractivity contribution in [3.05, 3.63) is 46.8 Å². The van der Waals surface area contributed by atoms with E-state index in [0.717, 1.165) is 54.5 Å². The second kappa shape index (κ2) is 9.40. The van der Waals surface area contributed by atoms with Crippen molar-refractivity contribution in [3.63, 3.8) is 0 Å². The number of aryl methyl sites for hydroxylation is 1. The van der Waals surface area contributed by atoms with Crippen molar-refractivity contribution in [1.29, 1.82) is 0 Å². The molecule has 4 heterocycles. The average Bonchev–Trinajstić information content (AvgIpc) is 3.45. The number of amides is 1. The predicted octanol–water partition coefficient (Wildman–Crippen LogP) is 3.33. The van der Waals surface area contributed by atoms with E-state index >= 15 is 0 Å². The zero-order valence-electron chi connectivity index (χ0n) is 21.6. The Bertz CT molecular complexity index is 1320. The molecular formula is C26H34N8OS. The molecule has 1 fully saturated rings. The van der Waals surface area contributed by atoms with Crippen molar-refractivity contribution >= 4 is 34.8 Å². The van der Waals surface area contributed by atoms with Gasteiger partial charge in [-0.3, -0.25) is 4.79 Å². The summed E-state index contributed by atoms with van der Waals surface area (Å²) >= 11 is 1.55. The molecule has 0 radical (unpaired) electrons. The largest absolute Gasteiger partial charge is 0.365 e. The number of H-pyrrole nitrogens is 1. The minimum Gasteiger partial charge on any atom is -0.365 e. The maximum absolute atomic E-state index is 11.8. The molecule has 36 heavy (non-hydrogen) atoms. The fraction of sp³-hybridized carbons (Fsp3) is 0.462. The third kappa shape index (κ3) is 4.79. The highest BCUT2D eigenvalue weighted by atomic mass is 32.2. The number of aromatic nitrogens is 4. The van der Waals surface area contributed by atoms with Crippen molar-refractivity contribution in [1.82, 2.24) is 29.7 Å². The molecule has 1 amide bonds. The van der Waals surface area contributed by atoms with Gasteiger partial charge in [-0.2, -0.15) is 4.98 Å². The monoisotopic (exact) mass is 506 g/mol. The first kappa shape index (κ1) is 24.6. The zero-order valence-corrected chi connectivity index (χ0v) is 22.4. The van der Waals surface area contributed by atoms with E-state index in [1.54, 1.807) is 18.1 Å². The molecule has 2 aliphatic heterocycles. The maximum atomic E-state index is 11.8. The average molecular weight is 507 g/mol. The molecule has 2 aromatic heterocycles. The first-order valence-corrected chi connectivity index (χ1v) is 13.2. The lowest BCUT2D eigenvalue weighted by molar-refractivity contribution is -0.113. The Labute approximate surface area is 216 Å². The number of fused-ring (bicyclic) bond motifs is 1. The van der Waals surface area contributed by atoms with Gasteiger partial charge in [-0.15, -0.1) is 0 Å². The summed E-state index contributed by atoms with van der Waals surface area (Å²) in [4.78, 5) is 36.6. The van der Waals surface area contributed by atoms with Gasteiger partial charge in [0.1, 0.15) is 11.8 Å². The van der Waals surface area contributed by atoms with E-state index in [1.165, 1.54) is 5.56 Å². The highest BCUT2D eigenvalue weighted by Crippen LogP contribution is 2.43. The number of piperazine rings is 1. The van der Waals surface area contributed by atoms with Gasteiger partial charge in [-0.1, -0.05) is 44.7 Å². The van der Waals surface area contributed by atoms with Crippen LogP contribution < -0.4 is 10.6 Å². The lowest BCUT2D eigenvalue weighted by Crippen LogP contribution is -2.44. The quantitative estimate of drug-likeness (QED) is 0.543. The summed E-state index contributed by atoms with van der Waals surface area (Å²) in [6, 6.07) is 6.42. The highest BCUT2D eigenvalue weighted by molar-refractivity contribution is 8.04. The zero-order chi connectivity index (χ0) is 25.6.